The number of hydrogen-bond acceptors (Lipinski definition) is 7. The van der Waals surface area contributed by atoms with Crippen molar-refractivity contribution in [1.82, 2.24) is 14.7 Å². The molecule has 0 aliphatic heterocycles. The van der Waals surface area contributed by atoms with E-state index in [4.69, 9.17) is 9.47 Å². The normalized spacial score (nSPS) is 21.4. The van der Waals surface area contributed by atoms with Crippen molar-refractivity contribution in [3.63, 3.8) is 0 Å². The first kappa shape index (κ1) is 17.1. The van der Waals surface area contributed by atoms with Crippen molar-refractivity contribution < 1.29 is 17.9 Å². The molecule has 1 aliphatic carbocycles. The largest absolute Gasteiger partial charge is 0.480 e. The summed E-state index contributed by atoms with van der Waals surface area (Å²) in [6.45, 7) is 0. The van der Waals surface area contributed by atoms with Crippen molar-refractivity contribution in [2.24, 2.45) is 0 Å². The van der Waals surface area contributed by atoms with Crippen LogP contribution in [0.1, 0.15) is 25.7 Å². The molecule has 1 N–H and O–H groups in total. The highest BCUT2D eigenvalue weighted by molar-refractivity contribution is 7.91. The summed E-state index contributed by atoms with van der Waals surface area (Å²) in [6, 6.07) is 3.29. The molecule has 0 aromatic carbocycles. The molecule has 0 atom stereocenters. The van der Waals surface area contributed by atoms with Crippen molar-refractivity contribution >= 4 is 21.4 Å². The van der Waals surface area contributed by atoms with Gasteiger partial charge in [-0.25, -0.2) is 13.1 Å². The predicted octanol–water partition coefficient (Wildman–Crippen LogP) is 2.22. The minimum Gasteiger partial charge on any atom is -0.480 e. The molecule has 130 valence electrons. The lowest BCUT2D eigenvalue weighted by Crippen LogP contribution is -2.39. The standard InChI is InChI=1S/C15H19N3O4S2/c1-21-13-9-16-10-14(17-13)22-12-6-4-11(5-7-12)18-24(19,20)15-3-2-8-23-15/h2-3,8-12,18H,4-7H2,1H3. The van der Waals surface area contributed by atoms with Gasteiger partial charge in [0.2, 0.25) is 21.8 Å². The van der Waals surface area contributed by atoms with Gasteiger partial charge in [0.25, 0.3) is 0 Å². The van der Waals surface area contributed by atoms with Crippen molar-refractivity contribution in [3.8, 4) is 11.8 Å². The second kappa shape index (κ2) is 7.45. The number of ether oxygens (including phenoxy) is 2. The summed E-state index contributed by atoms with van der Waals surface area (Å²) in [7, 11) is -1.89. The summed E-state index contributed by atoms with van der Waals surface area (Å²) in [5.74, 6) is 0.835. The van der Waals surface area contributed by atoms with Crippen molar-refractivity contribution in [1.29, 1.82) is 0 Å². The van der Waals surface area contributed by atoms with Crippen LogP contribution >= 0.6 is 11.3 Å². The fraction of sp³-hybridized carbons (Fsp3) is 0.467. The van der Waals surface area contributed by atoms with Crippen LogP contribution in [0.25, 0.3) is 0 Å². The molecule has 7 nitrogen and oxygen atoms in total. The van der Waals surface area contributed by atoms with Crippen LogP contribution in [0.5, 0.6) is 11.8 Å². The minimum atomic E-state index is -3.41. The molecule has 2 aromatic heterocycles. The molecule has 1 fully saturated rings. The van der Waals surface area contributed by atoms with E-state index in [0.29, 0.717) is 16.0 Å². The van der Waals surface area contributed by atoms with Gasteiger partial charge in [0.1, 0.15) is 10.3 Å². The van der Waals surface area contributed by atoms with Crippen LogP contribution in [-0.4, -0.2) is 37.6 Å². The number of methoxy groups -OCH3 is 1. The Morgan fingerprint density at radius 3 is 2.62 bits per heavy atom. The van der Waals surface area contributed by atoms with Crippen LogP contribution in [0.2, 0.25) is 0 Å². The third-order valence-electron chi connectivity index (χ3n) is 3.84. The fourth-order valence-electron chi connectivity index (χ4n) is 2.65. The first-order valence-corrected chi connectivity index (χ1v) is 10.0. The Balaban J connectivity index is 1.52. The molecule has 0 unspecified atom stereocenters. The molecule has 0 bridgehead atoms. The zero-order chi connectivity index (χ0) is 17.0. The summed E-state index contributed by atoms with van der Waals surface area (Å²) >= 11 is 1.22. The molecule has 2 aromatic rings. The minimum absolute atomic E-state index is 0.00824. The number of rotatable bonds is 6. The highest BCUT2D eigenvalue weighted by Crippen LogP contribution is 2.25. The molecule has 0 spiro atoms. The van der Waals surface area contributed by atoms with E-state index < -0.39 is 10.0 Å². The number of aromatic nitrogens is 2. The summed E-state index contributed by atoms with van der Waals surface area (Å²) in [5, 5.41) is 1.76. The van der Waals surface area contributed by atoms with E-state index in [1.165, 1.54) is 24.6 Å². The number of thiophene rings is 1. The number of nitrogens with one attached hydrogen (secondary N) is 1. The Kier molecular flexibility index (Phi) is 5.32. The number of sulfonamides is 1. The molecular weight excluding hydrogens is 350 g/mol. The second-order valence-electron chi connectivity index (χ2n) is 5.54. The van der Waals surface area contributed by atoms with Gasteiger partial charge in [0.05, 0.1) is 19.5 Å². The van der Waals surface area contributed by atoms with Crippen molar-refractivity contribution in [3.05, 3.63) is 29.9 Å². The third kappa shape index (κ3) is 4.22. The Hall–Kier alpha value is -1.71. The fourth-order valence-corrected chi connectivity index (χ4v) is 4.96. The third-order valence-corrected chi connectivity index (χ3v) is 6.76. The summed E-state index contributed by atoms with van der Waals surface area (Å²) in [6.07, 6.45) is 6.05. The van der Waals surface area contributed by atoms with E-state index >= 15 is 0 Å². The monoisotopic (exact) mass is 369 g/mol. The lowest BCUT2D eigenvalue weighted by Gasteiger charge is -2.28. The zero-order valence-electron chi connectivity index (χ0n) is 13.2. The quantitative estimate of drug-likeness (QED) is 0.840. The van der Waals surface area contributed by atoms with E-state index in [9.17, 15) is 8.42 Å². The zero-order valence-corrected chi connectivity index (χ0v) is 14.8. The summed E-state index contributed by atoms with van der Waals surface area (Å²) in [5.41, 5.74) is 0. The van der Waals surface area contributed by atoms with Crippen LogP contribution in [0.15, 0.2) is 34.1 Å². The van der Waals surface area contributed by atoms with E-state index in [2.05, 4.69) is 14.7 Å². The molecule has 9 heteroatoms. The molecule has 2 heterocycles. The highest BCUT2D eigenvalue weighted by Gasteiger charge is 2.27. The summed E-state index contributed by atoms with van der Waals surface area (Å²) in [4.78, 5) is 8.19. The SMILES string of the molecule is COc1cncc(OC2CCC(NS(=O)(=O)c3cccs3)CC2)n1. The van der Waals surface area contributed by atoms with Gasteiger partial charge >= 0.3 is 0 Å². The van der Waals surface area contributed by atoms with Gasteiger partial charge < -0.3 is 9.47 Å². The maximum absolute atomic E-state index is 12.2. The molecule has 0 radical (unpaired) electrons. The molecule has 0 saturated heterocycles. The maximum atomic E-state index is 12.2. The Labute approximate surface area is 145 Å². The van der Waals surface area contributed by atoms with Crippen molar-refractivity contribution in [2.75, 3.05) is 7.11 Å². The molecule has 1 saturated carbocycles. The number of hydrogen-bond donors (Lipinski definition) is 1. The van der Waals surface area contributed by atoms with Gasteiger partial charge in [-0.1, -0.05) is 6.07 Å². The van der Waals surface area contributed by atoms with E-state index in [0.717, 1.165) is 25.7 Å². The molecule has 1 aliphatic rings. The smallest absolute Gasteiger partial charge is 0.250 e. The van der Waals surface area contributed by atoms with E-state index in [-0.39, 0.29) is 12.1 Å². The average Bonchev–Trinajstić information content (AvgIpc) is 3.12. The van der Waals surface area contributed by atoms with Gasteiger partial charge in [0.15, 0.2) is 0 Å². The molecule has 3 rings (SSSR count). The van der Waals surface area contributed by atoms with Gasteiger partial charge in [-0.15, -0.1) is 11.3 Å². The van der Waals surface area contributed by atoms with Crippen LogP contribution in [0.4, 0.5) is 0 Å². The first-order valence-electron chi connectivity index (χ1n) is 7.65. The predicted molar refractivity (Wildman–Crippen MR) is 89.9 cm³/mol. The molecule has 24 heavy (non-hydrogen) atoms. The maximum Gasteiger partial charge on any atom is 0.250 e. The highest BCUT2D eigenvalue weighted by atomic mass is 32.2. The molecular formula is C15H19N3O4S2. The first-order chi connectivity index (χ1) is 11.6. The average molecular weight is 369 g/mol. The van der Waals surface area contributed by atoms with Gasteiger partial charge in [-0.05, 0) is 37.1 Å². The lowest BCUT2D eigenvalue weighted by molar-refractivity contribution is 0.136. The van der Waals surface area contributed by atoms with Gasteiger partial charge in [0, 0.05) is 6.04 Å². The van der Waals surface area contributed by atoms with E-state index in [1.807, 2.05) is 0 Å². The van der Waals surface area contributed by atoms with Crippen LogP contribution in [0, 0.1) is 0 Å². The summed E-state index contributed by atoms with van der Waals surface area (Å²) < 4.78 is 38.5. The molecule has 0 amide bonds. The van der Waals surface area contributed by atoms with Crippen LogP contribution in [0.3, 0.4) is 0 Å². The Bertz CT molecular complexity index is 757. The Morgan fingerprint density at radius 2 is 1.96 bits per heavy atom. The van der Waals surface area contributed by atoms with Crippen LogP contribution < -0.4 is 14.2 Å². The Morgan fingerprint density at radius 1 is 1.21 bits per heavy atom. The van der Waals surface area contributed by atoms with Gasteiger partial charge in [-0.2, -0.15) is 4.98 Å². The second-order valence-corrected chi connectivity index (χ2v) is 8.43. The topological polar surface area (TPSA) is 90.4 Å². The lowest BCUT2D eigenvalue weighted by atomic mass is 9.94. The number of nitrogens with zero attached hydrogens (tertiary/aromatic N) is 2. The van der Waals surface area contributed by atoms with Crippen LogP contribution in [-0.2, 0) is 10.0 Å². The van der Waals surface area contributed by atoms with E-state index in [1.54, 1.807) is 23.7 Å². The van der Waals surface area contributed by atoms with Gasteiger partial charge in [-0.3, -0.25) is 4.98 Å². The van der Waals surface area contributed by atoms with Crippen molar-refractivity contribution in [2.45, 2.75) is 42.0 Å².